The van der Waals surface area contributed by atoms with Crippen LogP contribution in [0.5, 0.6) is 0 Å². The number of nitro benzene ring substituents is 1. The van der Waals surface area contributed by atoms with E-state index in [2.05, 4.69) is 15.9 Å². The first-order valence-corrected chi connectivity index (χ1v) is 6.57. The van der Waals surface area contributed by atoms with Crippen molar-refractivity contribution in [3.63, 3.8) is 0 Å². The van der Waals surface area contributed by atoms with Gasteiger partial charge in [-0.1, -0.05) is 29.8 Å². The predicted molar refractivity (Wildman–Crippen MR) is 74.9 cm³/mol. The third kappa shape index (κ3) is 3.71. The minimum absolute atomic E-state index is 0.0597. The molecule has 0 radical (unpaired) electrons. The highest BCUT2D eigenvalue weighted by atomic mass is 79.9. The SMILES string of the molecule is CC(C)C(=O)/C(=C/Br)C(O)c1ccc([N+](=O)[O-])cc1. The molecule has 1 aromatic carbocycles. The van der Waals surface area contributed by atoms with Gasteiger partial charge in [0.25, 0.3) is 5.69 Å². The average Bonchev–Trinajstić information content (AvgIpc) is 2.39. The largest absolute Gasteiger partial charge is 0.384 e. The molecule has 0 aromatic heterocycles. The molecule has 5 nitrogen and oxygen atoms in total. The molecule has 0 spiro atoms. The Hall–Kier alpha value is -1.53. The number of rotatable bonds is 5. The summed E-state index contributed by atoms with van der Waals surface area (Å²) in [6, 6.07) is 5.47. The third-order valence-corrected chi connectivity index (χ3v) is 3.13. The topological polar surface area (TPSA) is 80.4 Å². The Morgan fingerprint density at radius 1 is 1.37 bits per heavy atom. The number of halogens is 1. The second-order valence-electron chi connectivity index (χ2n) is 4.33. The van der Waals surface area contributed by atoms with Gasteiger partial charge in [0.1, 0.15) is 6.10 Å². The second kappa shape index (κ2) is 6.58. The first-order chi connectivity index (χ1) is 8.88. The van der Waals surface area contributed by atoms with E-state index < -0.39 is 11.0 Å². The minimum Gasteiger partial charge on any atom is -0.384 e. The number of aliphatic hydroxyl groups excluding tert-OH is 1. The van der Waals surface area contributed by atoms with E-state index in [9.17, 15) is 20.0 Å². The van der Waals surface area contributed by atoms with Crippen molar-refractivity contribution in [2.24, 2.45) is 5.92 Å². The molecule has 0 heterocycles. The number of carbonyl (C=O) groups is 1. The van der Waals surface area contributed by atoms with Gasteiger partial charge in [0.05, 0.1) is 4.92 Å². The zero-order valence-corrected chi connectivity index (χ0v) is 12.1. The lowest BCUT2D eigenvalue weighted by atomic mass is 9.94. The van der Waals surface area contributed by atoms with Crippen LogP contribution in [0.15, 0.2) is 34.8 Å². The quantitative estimate of drug-likeness (QED) is 0.511. The van der Waals surface area contributed by atoms with Crippen LogP contribution in [0.3, 0.4) is 0 Å². The lowest BCUT2D eigenvalue weighted by Gasteiger charge is -2.15. The minimum atomic E-state index is -1.10. The molecular weight excluding hydrogens is 314 g/mol. The van der Waals surface area contributed by atoms with E-state index in [-0.39, 0.29) is 23.0 Å². The lowest BCUT2D eigenvalue weighted by molar-refractivity contribution is -0.384. The van der Waals surface area contributed by atoms with Crippen LogP contribution in [0.1, 0.15) is 25.5 Å². The Morgan fingerprint density at radius 3 is 2.26 bits per heavy atom. The van der Waals surface area contributed by atoms with Gasteiger partial charge in [-0.15, -0.1) is 0 Å². The maximum atomic E-state index is 11.9. The van der Waals surface area contributed by atoms with Crippen LogP contribution in [-0.2, 0) is 4.79 Å². The van der Waals surface area contributed by atoms with E-state index in [4.69, 9.17) is 0 Å². The van der Waals surface area contributed by atoms with Gasteiger partial charge >= 0.3 is 0 Å². The molecular formula is C13H14BrNO4. The first kappa shape index (κ1) is 15.5. The molecule has 0 bridgehead atoms. The number of non-ortho nitro benzene ring substituents is 1. The molecule has 19 heavy (non-hydrogen) atoms. The van der Waals surface area contributed by atoms with Crippen molar-refractivity contribution in [2.75, 3.05) is 0 Å². The zero-order valence-electron chi connectivity index (χ0n) is 10.5. The van der Waals surface area contributed by atoms with E-state index in [1.807, 2.05) is 0 Å². The molecule has 6 heteroatoms. The van der Waals surface area contributed by atoms with Gasteiger partial charge in [0, 0.05) is 23.6 Å². The van der Waals surface area contributed by atoms with Gasteiger partial charge in [-0.2, -0.15) is 0 Å². The monoisotopic (exact) mass is 327 g/mol. The van der Waals surface area contributed by atoms with Crippen LogP contribution in [0.2, 0.25) is 0 Å². The van der Waals surface area contributed by atoms with Crippen LogP contribution >= 0.6 is 15.9 Å². The molecule has 0 saturated carbocycles. The van der Waals surface area contributed by atoms with Crippen LogP contribution < -0.4 is 0 Å². The summed E-state index contributed by atoms with van der Waals surface area (Å²) in [7, 11) is 0. The molecule has 0 saturated heterocycles. The van der Waals surface area contributed by atoms with Gasteiger partial charge < -0.3 is 5.11 Å². The van der Waals surface area contributed by atoms with Gasteiger partial charge in [-0.3, -0.25) is 14.9 Å². The summed E-state index contributed by atoms with van der Waals surface area (Å²) in [5.74, 6) is -0.417. The number of ketones is 1. The van der Waals surface area contributed by atoms with Gasteiger partial charge in [-0.05, 0) is 22.7 Å². The number of aliphatic hydroxyl groups is 1. The zero-order chi connectivity index (χ0) is 14.6. The molecule has 1 N–H and O–H groups in total. The van der Waals surface area contributed by atoms with Gasteiger partial charge in [-0.25, -0.2) is 0 Å². The van der Waals surface area contributed by atoms with Crippen LogP contribution in [0.4, 0.5) is 5.69 Å². The van der Waals surface area contributed by atoms with E-state index in [1.54, 1.807) is 13.8 Å². The van der Waals surface area contributed by atoms with Crippen molar-refractivity contribution in [2.45, 2.75) is 20.0 Å². The van der Waals surface area contributed by atoms with Crippen molar-refractivity contribution in [3.05, 3.63) is 50.5 Å². The fourth-order valence-electron chi connectivity index (χ4n) is 1.54. The summed E-state index contributed by atoms with van der Waals surface area (Å²) in [5.41, 5.74) is 0.602. The summed E-state index contributed by atoms with van der Waals surface area (Å²) in [4.78, 5) is 23.3. The Bertz CT molecular complexity index is 508. The maximum absolute atomic E-state index is 11.9. The van der Waals surface area contributed by atoms with Crippen molar-refractivity contribution in [3.8, 4) is 0 Å². The molecule has 0 fully saturated rings. The molecule has 1 rings (SSSR count). The van der Waals surface area contributed by atoms with E-state index in [0.717, 1.165) is 0 Å². The Morgan fingerprint density at radius 2 is 1.89 bits per heavy atom. The summed E-state index contributed by atoms with van der Waals surface area (Å²) in [5, 5.41) is 20.7. The highest BCUT2D eigenvalue weighted by molar-refractivity contribution is 9.11. The number of Topliss-reactive ketones (excluding diaryl/α,β-unsaturated/α-hetero) is 1. The van der Waals surface area contributed by atoms with Crippen molar-refractivity contribution >= 4 is 27.4 Å². The smallest absolute Gasteiger partial charge is 0.269 e. The Labute approximate surface area is 119 Å². The number of hydrogen-bond acceptors (Lipinski definition) is 4. The predicted octanol–water partition coefficient (Wildman–Crippen LogP) is 3.13. The summed E-state index contributed by atoms with van der Waals surface area (Å²) >= 11 is 3.07. The molecule has 1 atom stereocenters. The number of benzene rings is 1. The van der Waals surface area contributed by atoms with E-state index >= 15 is 0 Å². The van der Waals surface area contributed by atoms with Crippen molar-refractivity contribution < 1.29 is 14.8 Å². The van der Waals surface area contributed by atoms with Crippen LogP contribution in [0, 0.1) is 16.0 Å². The number of nitrogens with zero attached hydrogens (tertiary/aromatic N) is 1. The fraction of sp³-hybridized carbons (Fsp3) is 0.308. The Balaban J connectivity index is 3.02. The first-order valence-electron chi connectivity index (χ1n) is 5.65. The molecule has 1 unspecified atom stereocenters. The third-order valence-electron chi connectivity index (χ3n) is 2.64. The van der Waals surface area contributed by atoms with Crippen molar-refractivity contribution in [1.29, 1.82) is 0 Å². The summed E-state index contributed by atoms with van der Waals surface area (Å²) < 4.78 is 0. The highest BCUT2D eigenvalue weighted by Gasteiger charge is 2.22. The molecule has 0 aliphatic heterocycles. The molecule has 0 aliphatic carbocycles. The summed E-state index contributed by atoms with van der Waals surface area (Å²) in [6.07, 6.45) is -1.10. The number of carbonyl (C=O) groups excluding carboxylic acids is 1. The average molecular weight is 328 g/mol. The van der Waals surface area contributed by atoms with Gasteiger partial charge in [0.2, 0.25) is 0 Å². The molecule has 1 aromatic rings. The van der Waals surface area contributed by atoms with Crippen LogP contribution in [-0.4, -0.2) is 15.8 Å². The fourth-order valence-corrected chi connectivity index (χ4v) is 2.02. The molecule has 102 valence electrons. The van der Waals surface area contributed by atoms with E-state index in [0.29, 0.717) is 5.56 Å². The Kier molecular flexibility index (Phi) is 5.38. The number of nitro groups is 1. The standard InChI is InChI=1S/C13H14BrNO4/c1-8(2)12(16)11(7-14)13(17)9-3-5-10(6-4-9)15(18)19/h3-8,13,17H,1-2H3/b11-7-. The van der Waals surface area contributed by atoms with Crippen LogP contribution in [0.25, 0.3) is 0 Å². The second-order valence-corrected chi connectivity index (χ2v) is 4.79. The van der Waals surface area contributed by atoms with E-state index in [1.165, 1.54) is 29.3 Å². The molecule has 0 aliphatic rings. The highest BCUT2D eigenvalue weighted by Crippen LogP contribution is 2.26. The molecule has 0 amide bonds. The van der Waals surface area contributed by atoms with Crippen molar-refractivity contribution in [1.82, 2.24) is 0 Å². The lowest BCUT2D eigenvalue weighted by Crippen LogP contribution is -2.16. The summed E-state index contributed by atoms with van der Waals surface area (Å²) in [6.45, 7) is 3.47. The van der Waals surface area contributed by atoms with Gasteiger partial charge in [0.15, 0.2) is 5.78 Å². The number of hydrogen-bond donors (Lipinski definition) is 1. The normalized spacial score (nSPS) is 13.4. The maximum Gasteiger partial charge on any atom is 0.269 e.